The molecule has 0 radical (unpaired) electrons. The van der Waals surface area contributed by atoms with Gasteiger partial charge in [-0.2, -0.15) is 8.78 Å². The standard InChI is InChI=1S/C15H19F2N3O/c1-15(2,3)19-9-12-8-18-10-20(12)11-4-6-13(7-5-11)21-14(16)17/h4-8,10,14,19H,9H2,1-3H3. The minimum absolute atomic E-state index is 0.00403. The Morgan fingerprint density at radius 2 is 1.90 bits per heavy atom. The highest BCUT2D eigenvalue weighted by Crippen LogP contribution is 2.18. The number of halogens is 2. The molecule has 2 rings (SSSR count). The third-order valence-corrected chi connectivity index (χ3v) is 2.86. The van der Waals surface area contributed by atoms with Gasteiger partial charge >= 0.3 is 6.61 Å². The Bertz CT molecular complexity index is 573. The van der Waals surface area contributed by atoms with Gasteiger partial charge in [0.1, 0.15) is 5.75 Å². The van der Waals surface area contributed by atoms with Crippen LogP contribution in [0.15, 0.2) is 36.8 Å². The van der Waals surface area contributed by atoms with E-state index >= 15 is 0 Å². The summed E-state index contributed by atoms with van der Waals surface area (Å²) in [6.45, 7) is 4.12. The van der Waals surface area contributed by atoms with Crippen molar-refractivity contribution in [2.24, 2.45) is 0 Å². The molecule has 1 aromatic heterocycles. The number of nitrogens with one attached hydrogen (secondary N) is 1. The van der Waals surface area contributed by atoms with E-state index in [0.29, 0.717) is 6.54 Å². The van der Waals surface area contributed by atoms with E-state index in [-0.39, 0.29) is 11.3 Å². The zero-order chi connectivity index (χ0) is 15.5. The first-order valence-electron chi connectivity index (χ1n) is 6.67. The molecule has 1 aromatic carbocycles. The minimum atomic E-state index is -2.81. The van der Waals surface area contributed by atoms with Gasteiger partial charge < -0.3 is 14.6 Å². The lowest BCUT2D eigenvalue weighted by atomic mass is 10.1. The van der Waals surface area contributed by atoms with Gasteiger partial charge in [-0.1, -0.05) is 0 Å². The van der Waals surface area contributed by atoms with E-state index in [1.165, 1.54) is 12.1 Å². The summed E-state index contributed by atoms with van der Waals surface area (Å²) in [4.78, 5) is 4.14. The van der Waals surface area contributed by atoms with E-state index in [1.54, 1.807) is 24.7 Å². The number of hydrogen-bond acceptors (Lipinski definition) is 3. The summed E-state index contributed by atoms with van der Waals surface area (Å²) in [6, 6.07) is 6.48. The van der Waals surface area contributed by atoms with Crippen molar-refractivity contribution in [3.63, 3.8) is 0 Å². The molecule has 114 valence electrons. The second-order valence-corrected chi connectivity index (χ2v) is 5.73. The Morgan fingerprint density at radius 3 is 2.48 bits per heavy atom. The molecule has 6 heteroatoms. The normalized spacial score (nSPS) is 11.9. The van der Waals surface area contributed by atoms with Gasteiger partial charge in [0.2, 0.25) is 0 Å². The van der Waals surface area contributed by atoms with E-state index < -0.39 is 6.61 Å². The molecule has 0 aliphatic rings. The molecule has 0 spiro atoms. The van der Waals surface area contributed by atoms with Gasteiger partial charge in [-0.3, -0.25) is 0 Å². The molecule has 0 fully saturated rings. The van der Waals surface area contributed by atoms with Gasteiger partial charge in [-0.05, 0) is 45.0 Å². The fourth-order valence-electron chi connectivity index (χ4n) is 1.83. The number of alkyl halides is 2. The van der Waals surface area contributed by atoms with Crippen LogP contribution in [0.4, 0.5) is 8.78 Å². The molecular formula is C15H19F2N3O. The van der Waals surface area contributed by atoms with Crippen LogP contribution >= 0.6 is 0 Å². The first kappa shape index (κ1) is 15.4. The molecule has 0 unspecified atom stereocenters. The summed E-state index contributed by atoms with van der Waals surface area (Å²) >= 11 is 0. The first-order valence-corrected chi connectivity index (χ1v) is 6.67. The first-order chi connectivity index (χ1) is 9.85. The van der Waals surface area contributed by atoms with Crippen molar-refractivity contribution >= 4 is 0 Å². The molecule has 0 bridgehead atoms. The summed E-state index contributed by atoms with van der Waals surface area (Å²) in [7, 11) is 0. The lowest BCUT2D eigenvalue weighted by Gasteiger charge is -2.21. The van der Waals surface area contributed by atoms with Crippen LogP contribution in [-0.4, -0.2) is 21.7 Å². The number of nitrogens with zero attached hydrogens (tertiary/aromatic N) is 2. The lowest BCUT2D eigenvalue weighted by Crippen LogP contribution is -2.35. The monoisotopic (exact) mass is 295 g/mol. The van der Waals surface area contributed by atoms with Gasteiger partial charge in [-0.15, -0.1) is 0 Å². The van der Waals surface area contributed by atoms with E-state index in [4.69, 9.17) is 0 Å². The predicted octanol–water partition coefficient (Wildman–Crippen LogP) is 3.36. The summed E-state index contributed by atoms with van der Waals surface area (Å²) in [5, 5.41) is 3.39. The zero-order valence-electron chi connectivity index (χ0n) is 12.3. The van der Waals surface area contributed by atoms with Crippen LogP contribution in [0.25, 0.3) is 5.69 Å². The maximum Gasteiger partial charge on any atom is 0.387 e. The Balaban J connectivity index is 2.13. The van der Waals surface area contributed by atoms with Crippen LogP contribution in [0.2, 0.25) is 0 Å². The Hall–Kier alpha value is -1.95. The minimum Gasteiger partial charge on any atom is -0.435 e. The zero-order valence-corrected chi connectivity index (χ0v) is 12.3. The molecular weight excluding hydrogens is 276 g/mol. The van der Waals surface area contributed by atoms with Crippen LogP contribution in [0.1, 0.15) is 26.5 Å². The fraction of sp³-hybridized carbons (Fsp3) is 0.400. The Labute approximate surface area is 122 Å². The number of hydrogen-bond donors (Lipinski definition) is 1. The number of rotatable bonds is 5. The topological polar surface area (TPSA) is 39.1 Å². The Morgan fingerprint density at radius 1 is 1.24 bits per heavy atom. The molecule has 2 aromatic rings. The van der Waals surface area contributed by atoms with Crippen LogP contribution in [-0.2, 0) is 6.54 Å². The largest absolute Gasteiger partial charge is 0.435 e. The summed E-state index contributed by atoms with van der Waals surface area (Å²) in [6.07, 6.45) is 3.48. The SMILES string of the molecule is CC(C)(C)NCc1cncn1-c1ccc(OC(F)F)cc1. The van der Waals surface area contributed by atoms with Gasteiger partial charge in [0.05, 0.1) is 12.0 Å². The number of aromatic nitrogens is 2. The third-order valence-electron chi connectivity index (χ3n) is 2.86. The van der Waals surface area contributed by atoms with Crippen molar-refractivity contribution < 1.29 is 13.5 Å². The van der Waals surface area contributed by atoms with Crippen LogP contribution in [0.3, 0.4) is 0 Å². The van der Waals surface area contributed by atoms with Crippen molar-refractivity contribution in [3.8, 4) is 11.4 Å². The van der Waals surface area contributed by atoms with E-state index in [1.807, 2.05) is 4.57 Å². The smallest absolute Gasteiger partial charge is 0.387 e. The maximum absolute atomic E-state index is 12.1. The van der Waals surface area contributed by atoms with Gasteiger partial charge in [0.15, 0.2) is 0 Å². The molecule has 0 aliphatic heterocycles. The molecule has 4 nitrogen and oxygen atoms in total. The molecule has 0 atom stereocenters. The molecule has 0 amide bonds. The van der Waals surface area contributed by atoms with Gasteiger partial charge in [0.25, 0.3) is 0 Å². The van der Waals surface area contributed by atoms with Crippen LogP contribution < -0.4 is 10.1 Å². The number of imidazole rings is 1. The van der Waals surface area contributed by atoms with Gasteiger partial charge in [-0.25, -0.2) is 4.98 Å². The van der Waals surface area contributed by atoms with E-state index in [2.05, 4.69) is 35.8 Å². The average molecular weight is 295 g/mol. The van der Waals surface area contributed by atoms with E-state index in [0.717, 1.165) is 11.4 Å². The number of ether oxygens (including phenoxy) is 1. The molecule has 0 saturated heterocycles. The molecule has 21 heavy (non-hydrogen) atoms. The van der Waals surface area contributed by atoms with Crippen molar-refractivity contribution in [2.75, 3.05) is 0 Å². The molecule has 1 heterocycles. The highest BCUT2D eigenvalue weighted by molar-refractivity contribution is 5.38. The highest BCUT2D eigenvalue weighted by Gasteiger charge is 2.11. The number of benzene rings is 1. The Kier molecular flexibility index (Phi) is 4.57. The van der Waals surface area contributed by atoms with Crippen molar-refractivity contribution in [1.29, 1.82) is 0 Å². The molecule has 1 N–H and O–H groups in total. The second kappa shape index (κ2) is 6.22. The quantitative estimate of drug-likeness (QED) is 0.919. The summed E-state index contributed by atoms with van der Waals surface area (Å²) < 4.78 is 30.5. The molecule has 0 saturated carbocycles. The van der Waals surface area contributed by atoms with Crippen LogP contribution in [0.5, 0.6) is 5.75 Å². The maximum atomic E-state index is 12.1. The second-order valence-electron chi connectivity index (χ2n) is 5.73. The predicted molar refractivity (Wildman–Crippen MR) is 76.8 cm³/mol. The lowest BCUT2D eigenvalue weighted by molar-refractivity contribution is -0.0498. The van der Waals surface area contributed by atoms with Crippen molar-refractivity contribution in [1.82, 2.24) is 14.9 Å². The average Bonchev–Trinajstić information content (AvgIpc) is 2.84. The molecule has 0 aliphatic carbocycles. The van der Waals surface area contributed by atoms with E-state index in [9.17, 15) is 8.78 Å². The van der Waals surface area contributed by atoms with Crippen molar-refractivity contribution in [2.45, 2.75) is 39.5 Å². The summed E-state index contributed by atoms with van der Waals surface area (Å²) in [5.74, 6) is 0.142. The van der Waals surface area contributed by atoms with Crippen LogP contribution in [0, 0.1) is 0 Å². The fourth-order valence-corrected chi connectivity index (χ4v) is 1.83. The third kappa shape index (κ3) is 4.53. The summed E-state index contributed by atoms with van der Waals surface area (Å²) in [5.41, 5.74) is 1.84. The van der Waals surface area contributed by atoms with Gasteiger partial charge in [0, 0.05) is 24.0 Å². The van der Waals surface area contributed by atoms with Crippen molar-refractivity contribution in [3.05, 3.63) is 42.5 Å². The highest BCUT2D eigenvalue weighted by atomic mass is 19.3.